The van der Waals surface area contributed by atoms with Gasteiger partial charge < -0.3 is 15.8 Å². The fourth-order valence-electron chi connectivity index (χ4n) is 1.87. The highest BCUT2D eigenvalue weighted by atomic mass is 16.5. The number of benzene rings is 1. The Labute approximate surface area is 117 Å². The highest BCUT2D eigenvalue weighted by molar-refractivity contribution is 5.98. The number of hydrogen-bond acceptors (Lipinski definition) is 5. The quantitative estimate of drug-likeness (QED) is 0.619. The zero-order valence-electron chi connectivity index (χ0n) is 11.4. The van der Waals surface area contributed by atoms with Crippen LogP contribution in [-0.4, -0.2) is 28.9 Å². The third-order valence-corrected chi connectivity index (χ3v) is 2.79. The molecule has 20 heavy (non-hydrogen) atoms. The van der Waals surface area contributed by atoms with Crippen LogP contribution in [0.15, 0.2) is 36.7 Å². The van der Waals surface area contributed by atoms with E-state index < -0.39 is 0 Å². The van der Waals surface area contributed by atoms with Gasteiger partial charge in [0.05, 0.1) is 30.1 Å². The van der Waals surface area contributed by atoms with Gasteiger partial charge in [0.15, 0.2) is 0 Å². The summed E-state index contributed by atoms with van der Waals surface area (Å²) >= 11 is 0. The number of hydrogen-bond donors (Lipinski definition) is 2. The predicted octanol–water partition coefficient (Wildman–Crippen LogP) is 1.75. The van der Waals surface area contributed by atoms with Crippen LogP contribution in [-0.2, 0) is 11.3 Å². The van der Waals surface area contributed by atoms with E-state index in [2.05, 4.69) is 10.4 Å². The number of nitrogens with two attached hydrogens (primary N) is 1. The van der Waals surface area contributed by atoms with E-state index in [0.29, 0.717) is 36.6 Å². The maximum Gasteiger partial charge on any atom is 0.340 e. The molecule has 0 unspecified atom stereocenters. The third kappa shape index (κ3) is 3.28. The minimum atomic E-state index is -0.374. The van der Waals surface area contributed by atoms with Crippen molar-refractivity contribution in [3.05, 3.63) is 42.2 Å². The van der Waals surface area contributed by atoms with Crippen molar-refractivity contribution >= 4 is 17.3 Å². The van der Waals surface area contributed by atoms with Crippen molar-refractivity contribution in [2.45, 2.75) is 13.5 Å². The van der Waals surface area contributed by atoms with E-state index >= 15 is 0 Å². The largest absolute Gasteiger partial charge is 0.462 e. The standard InChI is InChI=1S/C14H18N4O2/c1-2-20-14(19)11-5-3-6-12(15)13(11)16-8-10-18-9-4-7-17-18/h3-7,9,16H,2,8,10,15H2,1H3. The van der Waals surface area contributed by atoms with Crippen molar-refractivity contribution in [2.24, 2.45) is 0 Å². The van der Waals surface area contributed by atoms with Gasteiger partial charge in [-0.25, -0.2) is 4.79 Å². The summed E-state index contributed by atoms with van der Waals surface area (Å²) in [6.07, 6.45) is 3.60. The molecule has 0 spiro atoms. The molecule has 0 aliphatic heterocycles. The monoisotopic (exact) mass is 274 g/mol. The van der Waals surface area contributed by atoms with Gasteiger partial charge in [-0.15, -0.1) is 0 Å². The normalized spacial score (nSPS) is 10.2. The molecule has 0 aliphatic carbocycles. The average Bonchev–Trinajstić information content (AvgIpc) is 2.94. The smallest absolute Gasteiger partial charge is 0.340 e. The molecule has 0 fully saturated rings. The summed E-state index contributed by atoms with van der Waals surface area (Å²) in [5.41, 5.74) is 7.51. The van der Waals surface area contributed by atoms with Crippen LogP contribution in [0.1, 0.15) is 17.3 Å². The van der Waals surface area contributed by atoms with Crippen molar-refractivity contribution < 1.29 is 9.53 Å². The molecule has 6 nitrogen and oxygen atoms in total. The number of rotatable bonds is 6. The van der Waals surface area contributed by atoms with Crippen molar-refractivity contribution in [3.63, 3.8) is 0 Å². The van der Waals surface area contributed by atoms with Crippen LogP contribution in [0.4, 0.5) is 11.4 Å². The molecule has 106 valence electrons. The van der Waals surface area contributed by atoms with E-state index in [0.717, 1.165) is 0 Å². The lowest BCUT2D eigenvalue weighted by Crippen LogP contribution is -2.15. The van der Waals surface area contributed by atoms with E-state index in [1.807, 2.05) is 12.3 Å². The molecule has 1 aromatic heterocycles. The molecule has 1 aromatic carbocycles. The van der Waals surface area contributed by atoms with Crippen LogP contribution in [0.5, 0.6) is 0 Å². The molecule has 0 saturated carbocycles. The fraction of sp³-hybridized carbons (Fsp3) is 0.286. The second-order valence-corrected chi connectivity index (χ2v) is 4.19. The van der Waals surface area contributed by atoms with Crippen molar-refractivity contribution in [1.29, 1.82) is 0 Å². The second kappa shape index (κ2) is 6.60. The van der Waals surface area contributed by atoms with E-state index in [1.165, 1.54) is 0 Å². The van der Waals surface area contributed by atoms with Crippen LogP contribution < -0.4 is 11.1 Å². The minimum Gasteiger partial charge on any atom is -0.462 e. The Morgan fingerprint density at radius 3 is 3.00 bits per heavy atom. The summed E-state index contributed by atoms with van der Waals surface area (Å²) in [6, 6.07) is 7.05. The van der Waals surface area contributed by atoms with Crippen molar-refractivity contribution in [1.82, 2.24) is 9.78 Å². The first-order valence-corrected chi connectivity index (χ1v) is 6.49. The predicted molar refractivity (Wildman–Crippen MR) is 77.5 cm³/mol. The van der Waals surface area contributed by atoms with Crippen LogP contribution in [0.3, 0.4) is 0 Å². The topological polar surface area (TPSA) is 82.2 Å². The lowest BCUT2D eigenvalue weighted by atomic mass is 10.1. The molecule has 0 aliphatic rings. The number of carbonyl (C=O) groups excluding carboxylic acids is 1. The van der Waals surface area contributed by atoms with Crippen molar-refractivity contribution in [2.75, 3.05) is 24.2 Å². The van der Waals surface area contributed by atoms with Gasteiger partial charge in [0, 0.05) is 18.9 Å². The van der Waals surface area contributed by atoms with Gasteiger partial charge in [0.25, 0.3) is 0 Å². The van der Waals surface area contributed by atoms with E-state index in [-0.39, 0.29) is 5.97 Å². The Bertz CT molecular complexity index is 567. The van der Waals surface area contributed by atoms with Crippen LogP contribution in [0, 0.1) is 0 Å². The summed E-state index contributed by atoms with van der Waals surface area (Å²) in [4.78, 5) is 11.9. The molecule has 0 radical (unpaired) electrons. The molecular formula is C14H18N4O2. The fourth-order valence-corrected chi connectivity index (χ4v) is 1.87. The van der Waals surface area contributed by atoms with E-state index in [4.69, 9.17) is 10.5 Å². The van der Waals surface area contributed by atoms with Crippen LogP contribution >= 0.6 is 0 Å². The number of nitrogens with zero attached hydrogens (tertiary/aromatic N) is 2. The summed E-state index contributed by atoms with van der Waals surface area (Å²) in [5.74, 6) is -0.374. The molecule has 1 heterocycles. The number of anilines is 2. The number of para-hydroxylation sites is 1. The van der Waals surface area contributed by atoms with E-state index in [1.54, 1.807) is 36.0 Å². The Morgan fingerprint density at radius 1 is 1.45 bits per heavy atom. The highest BCUT2D eigenvalue weighted by Gasteiger charge is 2.14. The van der Waals surface area contributed by atoms with Gasteiger partial charge in [0.1, 0.15) is 0 Å². The maximum absolute atomic E-state index is 11.9. The molecule has 6 heteroatoms. The number of carbonyl (C=O) groups is 1. The molecule has 0 amide bonds. The molecule has 0 atom stereocenters. The lowest BCUT2D eigenvalue weighted by Gasteiger charge is -2.13. The Hall–Kier alpha value is -2.50. The highest BCUT2D eigenvalue weighted by Crippen LogP contribution is 2.24. The minimum absolute atomic E-state index is 0.334. The number of nitrogens with one attached hydrogen (secondary N) is 1. The summed E-state index contributed by atoms with van der Waals surface area (Å²) in [5, 5.41) is 7.28. The second-order valence-electron chi connectivity index (χ2n) is 4.19. The van der Waals surface area contributed by atoms with Gasteiger partial charge in [-0.05, 0) is 25.1 Å². The number of ether oxygens (including phenoxy) is 1. The Morgan fingerprint density at radius 2 is 2.30 bits per heavy atom. The van der Waals surface area contributed by atoms with Crippen LogP contribution in [0.2, 0.25) is 0 Å². The zero-order valence-corrected chi connectivity index (χ0v) is 11.4. The van der Waals surface area contributed by atoms with Gasteiger partial charge in [-0.3, -0.25) is 4.68 Å². The van der Waals surface area contributed by atoms with Crippen molar-refractivity contribution in [3.8, 4) is 0 Å². The van der Waals surface area contributed by atoms with Gasteiger partial charge >= 0.3 is 5.97 Å². The Balaban J connectivity index is 2.07. The maximum atomic E-state index is 11.9. The number of esters is 1. The van der Waals surface area contributed by atoms with Crippen LogP contribution in [0.25, 0.3) is 0 Å². The summed E-state index contributed by atoms with van der Waals surface area (Å²) in [6.45, 7) is 3.40. The number of aromatic nitrogens is 2. The molecular weight excluding hydrogens is 256 g/mol. The first kappa shape index (κ1) is 13.9. The summed E-state index contributed by atoms with van der Waals surface area (Å²) < 4.78 is 6.83. The van der Waals surface area contributed by atoms with E-state index in [9.17, 15) is 4.79 Å². The number of nitrogen functional groups attached to an aromatic ring is 1. The average molecular weight is 274 g/mol. The third-order valence-electron chi connectivity index (χ3n) is 2.79. The molecule has 0 bridgehead atoms. The van der Waals surface area contributed by atoms with Gasteiger partial charge in [-0.2, -0.15) is 5.10 Å². The molecule has 2 aromatic rings. The molecule has 3 N–H and O–H groups in total. The SMILES string of the molecule is CCOC(=O)c1cccc(N)c1NCCn1cccn1. The van der Waals surface area contributed by atoms with Gasteiger partial charge in [-0.1, -0.05) is 6.07 Å². The Kier molecular flexibility index (Phi) is 4.60. The van der Waals surface area contributed by atoms with Gasteiger partial charge in [0.2, 0.25) is 0 Å². The molecule has 2 rings (SSSR count). The summed E-state index contributed by atoms with van der Waals surface area (Å²) in [7, 11) is 0. The first-order chi connectivity index (χ1) is 9.72. The lowest BCUT2D eigenvalue weighted by molar-refractivity contribution is 0.0527. The molecule has 0 saturated heterocycles. The zero-order chi connectivity index (χ0) is 14.4. The first-order valence-electron chi connectivity index (χ1n) is 6.49.